The number of imidazole rings is 1. The van der Waals surface area contributed by atoms with E-state index in [0.29, 0.717) is 33.1 Å². The SMILES string of the molecule is CSc1nnnn1-c1cccc(NC(=O)c2ccc3nc(C(F)F)[nH]c3c2)c1. The molecule has 0 radical (unpaired) electrons. The standard InChI is InChI=1S/C17H13F2N7OS/c1-28-17-23-24-25-26(17)11-4-2-3-10(8-11)20-16(27)9-5-6-12-13(7-9)22-15(21-12)14(18)19/h2-8,14H,1H3,(H,20,27)(H,21,22). The van der Waals surface area contributed by atoms with Gasteiger partial charge in [0.15, 0.2) is 5.82 Å². The van der Waals surface area contributed by atoms with Gasteiger partial charge in [-0.15, -0.1) is 5.10 Å². The van der Waals surface area contributed by atoms with Crippen LogP contribution < -0.4 is 5.32 Å². The molecular formula is C17H13F2N7OS. The van der Waals surface area contributed by atoms with Gasteiger partial charge in [0.25, 0.3) is 12.3 Å². The van der Waals surface area contributed by atoms with Crippen LogP contribution in [0.15, 0.2) is 47.6 Å². The average molecular weight is 401 g/mol. The van der Waals surface area contributed by atoms with Crippen LogP contribution in [0, 0.1) is 0 Å². The molecule has 142 valence electrons. The van der Waals surface area contributed by atoms with E-state index in [0.717, 1.165) is 0 Å². The van der Waals surface area contributed by atoms with Crippen molar-refractivity contribution in [1.29, 1.82) is 0 Å². The molecule has 4 rings (SSSR count). The number of amides is 1. The number of H-pyrrole nitrogens is 1. The van der Waals surface area contributed by atoms with Crippen LogP contribution in [-0.4, -0.2) is 42.3 Å². The van der Waals surface area contributed by atoms with Gasteiger partial charge in [0.2, 0.25) is 5.16 Å². The van der Waals surface area contributed by atoms with Gasteiger partial charge in [0.1, 0.15) is 0 Å². The number of carbonyl (C=O) groups is 1. The minimum Gasteiger partial charge on any atom is -0.337 e. The summed E-state index contributed by atoms with van der Waals surface area (Å²) in [7, 11) is 0. The zero-order valence-electron chi connectivity index (χ0n) is 14.4. The number of halogens is 2. The number of alkyl halides is 2. The summed E-state index contributed by atoms with van der Waals surface area (Å²) in [5.74, 6) is -0.805. The minimum absolute atomic E-state index is 0.314. The Morgan fingerprint density at radius 3 is 2.89 bits per heavy atom. The second-order valence-corrected chi connectivity index (χ2v) is 6.51. The van der Waals surface area contributed by atoms with E-state index in [1.54, 1.807) is 22.9 Å². The summed E-state index contributed by atoms with van der Waals surface area (Å²) in [4.78, 5) is 18.9. The number of aromatic amines is 1. The number of tetrazole rings is 1. The van der Waals surface area contributed by atoms with Crippen molar-refractivity contribution in [3.63, 3.8) is 0 Å². The lowest BCUT2D eigenvalue weighted by Gasteiger charge is -2.08. The van der Waals surface area contributed by atoms with Crippen molar-refractivity contribution in [1.82, 2.24) is 30.2 Å². The van der Waals surface area contributed by atoms with Gasteiger partial charge in [-0.05, 0) is 53.1 Å². The highest BCUT2D eigenvalue weighted by Crippen LogP contribution is 2.22. The number of aromatic nitrogens is 6. The molecule has 0 aliphatic rings. The van der Waals surface area contributed by atoms with Crippen molar-refractivity contribution < 1.29 is 13.6 Å². The molecule has 2 N–H and O–H groups in total. The molecule has 11 heteroatoms. The number of carbonyl (C=O) groups excluding carboxylic acids is 1. The zero-order valence-corrected chi connectivity index (χ0v) is 15.2. The van der Waals surface area contributed by atoms with Crippen molar-refractivity contribution in [2.75, 3.05) is 11.6 Å². The number of hydrogen-bond donors (Lipinski definition) is 2. The molecule has 8 nitrogen and oxygen atoms in total. The summed E-state index contributed by atoms with van der Waals surface area (Å²) in [6.07, 6.45) is -0.844. The maximum Gasteiger partial charge on any atom is 0.295 e. The highest BCUT2D eigenvalue weighted by atomic mass is 32.2. The van der Waals surface area contributed by atoms with Crippen LogP contribution in [0.1, 0.15) is 22.6 Å². The molecule has 1 amide bonds. The first-order valence-corrected chi connectivity index (χ1v) is 9.29. The molecule has 2 aromatic heterocycles. The van der Waals surface area contributed by atoms with E-state index in [4.69, 9.17) is 0 Å². The van der Waals surface area contributed by atoms with E-state index in [1.807, 2.05) is 12.3 Å². The number of nitrogens with zero attached hydrogens (tertiary/aromatic N) is 5. The summed E-state index contributed by atoms with van der Waals surface area (Å²) in [5.41, 5.74) is 2.29. The Hall–Kier alpha value is -3.34. The molecule has 0 fully saturated rings. The second kappa shape index (κ2) is 7.35. The summed E-state index contributed by atoms with van der Waals surface area (Å²) < 4.78 is 27.1. The average Bonchev–Trinajstić information content (AvgIpc) is 3.34. The molecule has 0 saturated carbocycles. The number of rotatable bonds is 5. The summed E-state index contributed by atoms with van der Waals surface area (Å²) in [6, 6.07) is 11.6. The molecule has 0 unspecified atom stereocenters. The van der Waals surface area contributed by atoms with Crippen LogP contribution in [0.25, 0.3) is 16.7 Å². The van der Waals surface area contributed by atoms with Crippen LogP contribution in [-0.2, 0) is 0 Å². The molecule has 0 bridgehead atoms. The first-order valence-electron chi connectivity index (χ1n) is 8.07. The zero-order chi connectivity index (χ0) is 19.7. The molecule has 2 aromatic carbocycles. The van der Waals surface area contributed by atoms with E-state index < -0.39 is 12.2 Å². The lowest BCUT2D eigenvalue weighted by atomic mass is 10.2. The van der Waals surface area contributed by atoms with Crippen molar-refractivity contribution in [3.8, 4) is 5.69 Å². The van der Waals surface area contributed by atoms with E-state index >= 15 is 0 Å². The lowest BCUT2D eigenvalue weighted by Crippen LogP contribution is -2.12. The van der Waals surface area contributed by atoms with Crippen LogP contribution in [0.3, 0.4) is 0 Å². The van der Waals surface area contributed by atoms with Crippen LogP contribution >= 0.6 is 11.8 Å². The first kappa shape index (κ1) is 18.0. The molecule has 2 heterocycles. The number of hydrogen-bond acceptors (Lipinski definition) is 6. The van der Waals surface area contributed by atoms with Crippen molar-refractivity contribution in [3.05, 3.63) is 53.9 Å². The number of thioether (sulfide) groups is 1. The lowest BCUT2D eigenvalue weighted by molar-refractivity contribution is 0.102. The molecule has 28 heavy (non-hydrogen) atoms. The first-order chi connectivity index (χ1) is 13.5. The van der Waals surface area contributed by atoms with Crippen LogP contribution in [0.5, 0.6) is 0 Å². The summed E-state index contributed by atoms with van der Waals surface area (Å²) >= 11 is 1.40. The molecule has 0 spiro atoms. The van der Waals surface area contributed by atoms with Crippen molar-refractivity contribution in [2.24, 2.45) is 0 Å². The van der Waals surface area contributed by atoms with Crippen molar-refractivity contribution >= 4 is 34.4 Å². The largest absolute Gasteiger partial charge is 0.337 e. The van der Waals surface area contributed by atoms with Gasteiger partial charge in [0.05, 0.1) is 16.7 Å². The van der Waals surface area contributed by atoms with Gasteiger partial charge in [-0.2, -0.15) is 4.68 Å². The molecular weight excluding hydrogens is 388 g/mol. The summed E-state index contributed by atoms with van der Waals surface area (Å²) in [6.45, 7) is 0. The van der Waals surface area contributed by atoms with Crippen LogP contribution in [0.2, 0.25) is 0 Å². The fourth-order valence-electron chi connectivity index (χ4n) is 2.66. The van der Waals surface area contributed by atoms with Gasteiger partial charge in [0, 0.05) is 11.3 Å². The van der Waals surface area contributed by atoms with Gasteiger partial charge >= 0.3 is 0 Å². The Kier molecular flexibility index (Phi) is 4.74. The Balaban J connectivity index is 1.58. The third-order valence-electron chi connectivity index (χ3n) is 3.94. The van der Waals surface area contributed by atoms with E-state index in [-0.39, 0.29) is 5.91 Å². The number of benzene rings is 2. The Morgan fingerprint density at radius 2 is 2.11 bits per heavy atom. The third-order valence-corrected chi connectivity index (χ3v) is 4.56. The molecule has 0 aliphatic heterocycles. The van der Waals surface area contributed by atoms with Gasteiger partial charge in [-0.25, -0.2) is 13.8 Å². The normalized spacial score (nSPS) is 11.3. The Bertz CT molecular complexity index is 1160. The summed E-state index contributed by atoms with van der Waals surface area (Å²) in [5, 5.41) is 14.9. The number of anilines is 1. The predicted octanol–water partition coefficient (Wildman–Crippen LogP) is 3.45. The topological polar surface area (TPSA) is 101 Å². The monoisotopic (exact) mass is 401 g/mol. The van der Waals surface area contributed by atoms with E-state index in [9.17, 15) is 13.6 Å². The van der Waals surface area contributed by atoms with Gasteiger partial charge < -0.3 is 10.3 Å². The molecule has 0 atom stereocenters. The Morgan fingerprint density at radius 1 is 1.25 bits per heavy atom. The maximum atomic E-state index is 12.8. The highest BCUT2D eigenvalue weighted by Gasteiger charge is 2.15. The minimum atomic E-state index is -2.70. The van der Waals surface area contributed by atoms with E-state index in [2.05, 4.69) is 30.8 Å². The fraction of sp³-hybridized carbons (Fsp3) is 0.118. The number of fused-ring (bicyclic) bond motifs is 1. The quantitative estimate of drug-likeness (QED) is 0.497. The van der Waals surface area contributed by atoms with Crippen LogP contribution in [0.4, 0.5) is 14.5 Å². The number of nitrogens with one attached hydrogen (secondary N) is 2. The smallest absolute Gasteiger partial charge is 0.295 e. The van der Waals surface area contributed by atoms with E-state index in [1.165, 1.54) is 30.0 Å². The molecule has 0 saturated heterocycles. The highest BCUT2D eigenvalue weighted by molar-refractivity contribution is 7.98. The predicted molar refractivity (Wildman–Crippen MR) is 99.9 cm³/mol. The fourth-order valence-corrected chi connectivity index (χ4v) is 3.09. The van der Waals surface area contributed by atoms with Gasteiger partial charge in [-0.3, -0.25) is 4.79 Å². The third kappa shape index (κ3) is 3.43. The van der Waals surface area contributed by atoms with Gasteiger partial charge in [-0.1, -0.05) is 17.8 Å². The second-order valence-electron chi connectivity index (χ2n) is 5.74. The Labute approximate surface area is 161 Å². The molecule has 0 aliphatic carbocycles. The van der Waals surface area contributed by atoms with Crippen molar-refractivity contribution in [2.45, 2.75) is 11.6 Å². The maximum absolute atomic E-state index is 12.8. The molecule has 4 aromatic rings.